The summed E-state index contributed by atoms with van der Waals surface area (Å²) in [4.78, 5) is 18.5. The summed E-state index contributed by atoms with van der Waals surface area (Å²) in [5, 5.41) is 11.8. The summed E-state index contributed by atoms with van der Waals surface area (Å²) in [6.07, 6.45) is 1.00. The Bertz CT molecular complexity index is 1570. The van der Waals surface area contributed by atoms with Gasteiger partial charge in [-0.05, 0) is 71.6 Å². The van der Waals surface area contributed by atoms with E-state index in [1.807, 2.05) is 61.5 Å². The molecule has 1 aromatic heterocycles. The Labute approximate surface area is 252 Å². The minimum Gasteiger partial charge on any atom is -0.493 e. The van der Waals surface area contributed by atoms with Crippen LogP contribution >= 0.6 is 27.7 Å². The van der Waals surface area contributed by atoms with Gasteiger partial charge in [-0.25, -0.2) is 4.68 Å². The lowest BCUT2D eigenvalue weighted by Gasteiger charge is -2.29. The van der Waals surface area contributed by atoms with E-state index in [2.05, 4.69) is 52.5 Å². The standard InChI is InChI=1S/C31H32BrN5O3S/c1-5-15-41-31-35-30-33-20(3)26(29(38)34-23-9-7-6-8-10-23)27(37(30)36-31)22-16-24(32)28(25(17-22)39-4)40-18-21-13-11-19(2)12-14-21/h6-14,16-17,27H,5,15,18H2,1-4H3,(H,34,38)(H,33,35,36). The van der Waals surface area contributed by atoms with Crippen LogP contribution in [-0.2, 0) is 11.4 Å². The van der Waals surface area contributed by atoms with Crippen molar-refractivity contribution in [3.05, 3.63) is 99.2 Å². The maximum atomic E-state index is 13.8. The van der Waals surface area contributed by atoms with Gasteiger partial charge in [-0.1, -0.05) is 66.7 Å². The third kappa shape index (κ3) is 6.44. The van der Waals surface area contributed by atoms with Crippen molar-refractivity contribution in [2.24, 2.45) is 0 Å². The van der Waals surface area contributed by atoms with Crippen LogP contribution in [0.5, 0.6) is 11.5 Å². The number of aromatic nitrogens is 3. The van der Waals surface area contributed by atoms with Gasteiger partial charge in [-0.3, -0.25) is 4.79 Å². The minimum absolute atomic E-state index is 0.232. The third-order valence-corrected chi connectivity index (χ3v) is 8.25. The Morgan fingerprint density at radius 3 is 2.59 bits per heavy atom. The van der Waals surface area contributed by atoms with Crippen LogP contribution < -0.4 is 20.1 Å². The highest BCUT2D eigenvalue weighted by Gasteiger charge is 2.35. The van der Waals surface area contributed by atoms with Crippen LogP contribution in [0.4, 0.5) is 11.6 Å². The molecule has 2 heterocycles. The second-order valence-corrected chi connectivity index (χ2v) is 11.6. The molecule has 0 radical (unpaired) electrons. The predicted octanol–water partition coefficient (Wildman–Crippen LogP) is 7.37. The number of amides is 1. The molecule has 0 bridgehead atoms. The largest absolute Gasteiger partial charge is 0.493 e. The number of nitrogens with zero attached hydrogens (tertiary/aromatic N) is 3. The fourth-order valence-electron chi connectivity index (χ4n) is 4.59. The first-order chi connectivity index (χ1) is 19.9. The van der Waals surface area contributed by atoms with Gasteiger partial charge < -0.3 is 20.1 Å². The molecule has 0 spiro atoms. The lowest BCUT2D eigenvalue weighted by atomic mass is 9.94. The van der Waals surface area contributed by atoms with Gasteiger partial charge in [0.1, 0.15) is 12.6 Å². The zero-order chi connectivity index (χ0) is 28.9. The molecule has 4 aromatic rings. The first kappa shape index (κ1) is 28.8. The number of hydrogen-bond donors (Lipinski definition) is 2. The SMILES string of the molecule is CCCSc1nc2n(n1)C(c1cc(Br)c(OCc3ccc(C)cc3)c(OC)c1)C(C(=O)Nc1ccccc1)=C(C)N2. The molecule has 212 valence electrons. The summed E-state index contributed by atoms with van der Waals surface area (Å²) >= 11 is 5.30. The molecule has 2 N–H and O–H groups in total. The van der Waals surface area contributed by atoms with Gasteiger partial charge >= 0.3 is 0 Å². The topological polar surface area (TPSA) is 90.3 Å². The van der Waals surface area contributed by atoms with E-state index < -0.39 is 6.04 Å². The monoisotopic (exact) mass is 633 g/mol. The molecule has 3 aromatic carbocycles. The fraction of sp³-hybridized carbons (Fsp3) is 0.258. The summed E-state index contributed by atoms with van der Waals surface area (Å²) < 4.78 is 14.5. The van der Waals surface area contributed by atoms with E-state index in [0.717, 1.165) is 23.3 Å². The molecule has 1 unspecified atom stereocenters. The maximum absolute atomic E-state index is 13.8. The van der Waals surface area contributed by atoms with Crippen molar-refractivity contribution in [1.29, 1.82) is 0 Å². The van der Waals surface area contributed by atoms with Gasteiger partial charge in [0.15, 0.2) is 11.5 Å². The molecular formula is C31H32BrN5O3S. The molecule has 10 heteroatoms. The first-order valence-corrected chi connectivity index (χ1v) is 15.1. The van der Waals surface area contributed by atoms with Gasteiger partial charge in [0.25, 0.3) is 5.91 Å². The number of nitrogens with one attached hydrogen (secondary N) is 2. The number of carbonyl (C=O) groups excluding carboxylic acids is 1. The highest BCUT2D eigenvalue weighted by Crippen LogP contribution is 2.43. The number of halogens is 1. The number of aryl methyl sites for hydroxylation is 1. The van der Waals surface area contributed by atoms with Crippen molar-refractivity contribution in [3.63, 3.8) is 0 Å². The van der Waals surface area contributed by atoms with Gasteiger partial charge in [0.05, 0.1) is 17.2 Å². The van der Waals surface area contributed by atoms with Crippen molar-refractivity contribution in [3.8, 4) is 11.5 Å². The lowest BCUT2D eigenvalue weighted by molar-refractivity contribution is -0.113. The van der Waals surface area contributed by atoms with Crippen LogP contribution in [0.3, 0.4) is 0 Å². The number of anilines is 2. The van der Waals surface area contributed by atoms with Crippen molar-refractivity contribution < 1.29 is 14.3 Å². The second kappa shape index (κ2) is 12.8. The van der Waals surface area contributed by atoms with Crippen LogP contribution in [0, 0.1) is 6.92 Å². The third-order valence-electron chi connectivity index (χ3n) is 6.62. The number of benzene rings is 3. The van der Waals surface area contributed by atoms with Gasteiger partial charge in [-0.15, -0.1) is 5.10 Å². The Kier molecular flexibility index (Phi) is 8.99. The number of methoxy groups -OCH3 is 1. The number of rotatable bonds is 10. The highest BCUT2D eigenvalue weighted by atomic mass is 79.9. The summed E-state index contributed by atoms with van der Waals surface area (Å²) in [7, 11) is 1.61. The zero-order valence-electron chi connectivity index (χ0n) is 23.4. The average Bonchev–Trinajstić information content (AvgIpc) is 3.37. The van der Waals surface area contributed by atoms with Crippen LogP contribution in [0.15, 0.2) is 87.6 Å². The van der Waals surface area contributed by atoms with E-state index in [9.17, 15) is 4.79 Å². The number of fused-ring (bicyclic) bond motifs is 1. The first-order valence-electron chi connectivity index (χ1n) is 13.4. The number of ether oxygens (including phenoxy) is 2. The van der Waals surface area contributed by atoms with Gasteiger partial charge in [0.2, 0.25) is 11.1 Å². The van der Waals surface area contributed by atoms with E-state index in [4.69, 9.17) is 19.6 Å². The number of carbonyl (C=O) groups is 1. The average molecular weight is 635 g/mol. The van der Waals surface area contributed by atoms with Crippen molar-refractivity contribution in [1.82, 2.24) is 14.8 Å². The van der Waals surface area contributed by atoms with Crippen LogP contribution in [0.1, 0.15) is 43.0 Å². The Morgan fingerprint density at radius 2 is 1.88 bits per heavy atom. The number of hydrogen-bond acceptors (Lipinski definition) is 7. The minimum atomic E-state index is -0.560. The number of thioether (sulfide) groups is 1. The predicted molar refractivity (Wildman–Crippen MR) is 167 cm³/mol. The van der Waals surface area contributed by atoms with E-state index in [-0.39, 0.29) is 5.91 Å². The van der Waals surface area contributed by atoms with Gasteiger partial charge in [0, 0.05) is 17.1 Å². The van der Waals surface area contributed by atoms with E-state index >= 15 is 0 Å². The second-order valence-electron chi connectivity index (χ2n) is 9.71. The van der Waals surface area contributed by atoms with E-state index in [1.165, 1.54) is 5.56 Å². The quantitative estimate of drug-likeness (QED) is 0.176. The smallest absolute Gasteiger partial charge is 0.255 e. The number of para-hydroxylation sites is 1. The molecule has 1 atom stereocenters. The Hall–Kier alpha value is -3.76. The summed E-state index contributed by atoms with van der Waals surface area (Å²) in [5.74, 6) is 2.37. The molecule has 1 aliphatic heterocycles. The summed E-state index contributed by atoms with van der Waals surface area (Å²) in [6.45, 7) is 6.44. The molecule has 8 nitrogen and oxygen atoms in total. The normalized spacial score (nSPS) is 14.3. The summed E-state index contributed by atoms with van der Waals surface area (Å²) in [5.41, 5.74) is 4.98. The molecule has 0 saturated carbocycles. The van der Waals surface area contributed by atoms with E-state index in [0.29, 0.717) is 50.6 Å². The van der Waals surface area contributed by atoms with Crippen molar-refractivity contribution in [2.75, 3.05) is 23.5 Å². The van der Waals surface area contributed by atoms with E-state index in [1.54, 1.807) is 23.6 Å². The molecular weight excluding hydrogens is 602 g/mol. The fourth-order valence-corrected chi connectivity index (χ4v) is 5.84. The molecule has 0 aliphatic carbocycles. The molecule has 41 heavy (non-hydrogen) atoms. The zero-order valence-corrected chi connectivity index (χ0v) is 25.8. The number of allylic oxidation sites excluding steroid dienone is 1. The maximum Gasteiger partial charge on any atom is 0.255 e. The van der Waals surface area contributed by atoms with Crippen molar-refractivity contribution in [2.45, 2.75) is 45.0 Å². The molecule has 1 aliphatic rings. The van der Waals surface area contributed by atoms with Gasteiger partial charge in [-0.2, -0.15) is 4.98 Å². The molecule has 0 saturated heterocycles. The molecule has 5 rings (SSSR count). The van der Waals surface area contributed by atoms with Crippen LogP contribution in [0.2, 0.25) is 0 Å². The Balaban J connectivity index is 1.54. The molecule has 0 fully saturated rings. The molecule has 1 amide bonds. The highest BCUT2D eigenvalue weighted by molar-refractivity contribution is 9.10. The van der Waals surface area contributed by atoms with Crippen LogP contribution in [-0.4, -0.2) is 33.5 Å². The Morgan fingerprint density at radius 1 is 1.12 bits per heavy atom. The van der Waals surface area contributed by atoms with Crippen LogP contribution in [0.25, 0.3) is 0 Å². The lowest BCUT2D eigenvalue weighted by Crippen LogP contribution is -2.31. The van der Waals surface area contributed by atoms with Crippen molar-refractivity contribution >= 4 is 45.2 Å². The summed E-state index contributed by atoms with van der Waals surface area (Å²) in [6, 6.07) is 20.9.